The number of hydrazone groups is 1. The number of benzene rings is 3. The van der Waals surface area contributed by atoms with E-state index in [-0.39, 0.29) is 10.6 Å². The van der Waals surface area contributed by atoms with Gasteiger partial charge in [0.2, 0.25) is 0 Å². The van der Waals surface area contributed by atoms with Crippen LogP contribution in [0.2, 0.25) is 0 Å². The van der Waals surface area contributed by atoms with Crippen molar-refractivity contribution >= 4 is 32.7 Å². The first-order valence-corrected chi connectivity index (χ1v) is 10.3. The van der Waals surface area contributed by atoms with E-state index in [9.17, 15) is 18.5 Å². The number of nitrogens with zero attached hydrogens (tertiary/aromatic N) is 2. The summed E-state index contributed by atoms with van der Waals surface area (Å²) in [6.07, 6.45) is 1.24. The molecule has 0 atom stereocenters. The second-order valence-electron chi connectivity index (χ2n) is 6.37. The van der Waals surface area contributed by atoms with Crippen LogP contribution in [-0.2, 0) is 10.0 Å². The highest BCUT2D eigenvalue weighted by molar-refractivity contribution is 7.89. The van der Waals surface area contributed by atoms with Gasteiger partial charge in [-0.3, -0.25) is 10.1 Å². The second-order valence-corrected chi connectivity index (χ2v) is 8.03. The number of rotatable bonds is 6. The summed E-state index contributed by atoms with van der Waals surface area (Å²) in [5.41, 5.74) is 0.632. The maximum atomic E-state index is 12.5. The molecule has 0 bridgehead atoms. The number of non-ortho nitro benzene ring substituents is 1. The highest BCUT2D eigenvalue weighted by Crippen LogP contribution is 2.24. The minimum atomic E-state index is -3.83. The summed E-state index contributed by atoms with van der Waals surface area (Å²) in [5, 5.41) is 16.2. The molecule has 8 nitrogen and oxygen atoms in total. The van der Waals surface area contributed by atoms with Crippen molar-refractivity contribution in [1.29, 1.82) is 0 Å². The van der Waals surface area contributed by atoms with Crippen molar-refractivity contribution in [3.8, 4) is 11.3 Å². The van der Waals surface area contributed by atoms with Crippen LogP contribution in [0, 0.1) is 10.1 Å². The summed E-state index contributed by atoms with van der Waals surface area (Å²) in [7, 11) is -3.83. The molecule has 0 fully saturated rings. The van der Waals surface area contributed by atoms with Gasteiger partial charge in [-0.1, -0.05) is 30.3 Å². The molecule has 3 aromatic carbocycles. The number of hydrogen-bond acceptors (Lipinski definition) is 6. The maximum Gasteiger partial charge on any atom is 0.276 e. The number of nitro benzene ring substituents is 1. The van der Waals surface area contributed by atoms with Crippen LogP contribution in [-0.4, -0.2) is 19.6 Å². The summed E-state index contributed by atoms with van der Waals surface area (Å²) < 4.78 is 30.5. The molecule has 9 heteroatoms. The average molecular weight is 421 g/mol. The normalized spacial score (nSPS) is 11.7. The maximum absolute atomic E-state index is 12.5. The van der Waals surface area contributed by atoms with Gasteiger partial charge in [0, 0.05) is 17.7 Å². The molecule has 30 heavy (non-hydrogen) atoms. The van der Waals surface area contributed by atoms with Crippen molar-refractivity contribution in [3.63, 3.8) is 0 Å². The summed E-state index contributed by atoms with van der Waals surface area (Å²) in [4.78, 5) is 12.5. The minimum Gasteiger partial charge on any atom is -0.455 e. The second kappa shape index (κ2) is 7.80. The fourth-order valence-electron chi connectivity index (χ4n) is 2.87. The molecule has 0 unspecified atom stereocenters. The summed E-state index contributed by atoms with van der Waals surface area (Å²) in [5.74, 6) is 0.799. The first kappa shape index (κ1) is 19.3. The van der Waals surface area contributed by atoms with Crippen LogP contribution < -0.4 is 4.83 Å². The van der Waals surface area contributed by atoms with Crippen molar-refractivity contribution in [2.45, 2.75) is 4.90 Å². The molecule has 0 aliphatic carbocycles. The van der Waals surface area contributed by atoms with Gasteiger partial charge in [0.1, 0.15) is 11.5 Å². The molecular weight excluding hydrogens is 406 g/mol. The van der Waals surface area contributed by atoms with Gasteiger partial charge in [-0.15, -0.1) is 0 Å². The Kier molecular flexibility index (Phi) is 5.03. The number of furan rings is 1. The fourth-order valence-corrected chi connectivity index (χ4v) is 3.70. The van der Waals surface area contributed by atoms with Crippen LogP contribution in [0.25, 0.3) is 22.1 Å². The summed E-state index contributed by atoms with van der Waals surface area (Å²) >= 11 is 0. The monoisotopic (exact) mass is 421 g/mol. The van der Waals surface area contributed by atoms with Crippen LogP contribution in [0.4, 0.5) is 5.69 Å². The summed E-state index contributed by atoms with van der Waals surface area (Å²) in [6.45, 7) is 0. The standard InChI is InChI=1S/C21H15N3O5S/c25-24(26)18-8-5-16(6-9-18)21-12-10-19(29-21)14-22-23-30(27,28)20-11-7-15-3-1-2-4-17(15)13-20/h1-14,23H/b22-14-. The van der Waals surface area contributed by atoms with Gasteiger partial charge in [-0.05, 0) is 47.2 Å². The molecule has 1 aromatic heterocycles. The van der Waals surface area contributed by atoms with E-state index in [1.807, 2.05) is 24.3 Å². The largest absolute Gasteiger partial charge is 0.455 e. The Labute approximate surface area is 171 Å². The van der Waals surface area contributed by atoms with Crippen LogP contribution in [0.5, 0.6) is 0 Å². The molecule has 4 rings (SSSR count). The van der Waals surface area contributed by atoms with Crippen LogP contribution in [0.1, 0.15) is 5.76 Å². The van der Waals surface area contributed by atoms with Crippen molar-refractivity contribution in [1.82, 2.24) is 4.83 Å². The van der Waals surface area contributed by atoms with Gasteiger partial charge >= 0.3 is 0 Å². The molecular formula is C21H15N3O5S. The van der Waals surface area contributed by atoms with Crippen LogP contribution in [0.15, 0.2) is 93.3 Å². The lowest BCUT2D eigenvalue weighted by Gasteiger charge is -2.04. The topological polar surface area (TPSA) is 115 Å². The molecule has 1 heterocycles. The Bertz CT molecular complexity index is 1360. The zero-order valence-electron chi connectivity index (χ0n) is 15.4. The molecule has 0 spiro atoms. The Morgan fingerprint density at radius 1 is 0.933 bits per heavy atom. The van der Waals surface area contributed by atoms with E-state index < -0.39 is 14.9 Å². The lowest BCUT2D eigenvalue weighted by atomic mass is 10.1. The number of sulfonamides is 1. The molecule has 0 aliphatic heterocycles. The van der Waals surface area contributed by atoms with Crippen molar-refractivity contribution < 1.29 is 17.8 Å². The third-order valence-corrected chi connectivity index (χ3v) is 5.61. The van der Waals surface area contributed by atoms with Crippen molar-refractivity contribution in [2.75, 3.05) is 0 Å². The molecule has 0 aliphatic rings. The van der Waals surface area contributed by atoms with Crippen LogP contribution in [0.3, 0.4) is 0 Å². The first-order valence-electron chi connectivity index (χ1n) is 8.81. The van der Waals surface area contributed by atoms with Crippen LogP contribution >= 0.6 is 0 Å². The first-order chi connectivity index (χ1) is 14.4. The predicted molar refractivity (Wildman–Crippen MR) is 113 cm³/mol. The van der Waals surface area contributed by atoms with Crippen molar-refractivity contribution in [3.05, 3.63) is 94.7 Å². The van der Waals surface area contributed by atoms with E-state index >= 15 is 0 Å². The fraction of sp³-hybridized carbons (Fsp3) is 0. The molecule has 150 valence electrons. The Morgan fingerprint density at radius 3 is 2.40 bits per heavy atom. The predicted octanol–water partition coefficient (Wildman–Crippen LogP) is 4.32. The molecule has 0 saturated heterocycles. The van der Waals surface area contributed by atoms with E-state index in [0.717, 1.165) is 10.8 Å². The van der Waals surface area contributed by atoms with Crippen molar-refractivity contribution in [2.24, 2.45) is 5.10 Å². The van der Waals surface area contributed by atoms with E-state index in [1.165, 1.54) is 24.4 Å². The summed E-state index contributed by atoms with van der Waals surface area (Å²) in [6, 6.07) is 21.5. The number of nitro groups is 1. The smallest absolute Gasteiger partial charge is 0.276 e. The number of nitrogens with one attached hydrogen (secondary N) is 1. The van der Waals surface area contributed by atoms with Gasteiger partial charge in [0.25, 0.3) is 15.7 Å². The minimum absolute atomic E-state index is 0.0183. The van der Waals surface area contributed by atoms with Gasteiger partial charge in [0.05, 0.1) is 16.0 Å². The average Bonchev–Trinajstić information content (AvgIpc) is 3.22. The molecule has 0 amide bonds. The number of hydrogen-bond donors (Lipinski definition) is 1. The van der Waals surface area contributed by atoms with E-state index in [2.05, 4.69) is 9.93 Å². The van der Waals surface area contributed by atoms with Gasteiger partial charge in [0.15, 0.2) is 0 Å². The van der Waals surface area contributed by atoms with E-state index in [0.29, 0.717) is 17.1 Å². The Morgan fingerprint density at radius 2 is 1.67 bits per heavy atom. The molecule has 0 radical (unpaired) electrons. The molecule has 0 saturated carbocycles. The molecule has 4 aromatic rings. The Balaban J connectivity index is 1.48. The molecule has 1 N–H and O–H groups in total. The highest BCUT2D eigenvalue weighted by Gasteiger charge is 2.13. The lowest BCUT2D eigenvalue weighted by molar-refractivity contribution is -0.384. The quantitative estimate of drug-likeness (QED) is 0.283. The van der Waals surface area contributed by atoms with Gasteiger partial charge < -0.3 is 4.42 Å². The highest BCUT2D eigenvalue weighted by atomic mass is 32.2. The Hall–Kier alpha value is -3.98. The van der Waals surface area contributed by atoms with E-state index in [4.69, 9.17) is 4.42 Å². The van der Waals surface area contributed by atoms with Gasteiger partial charge in [-0.25, -0.2) is 0 Å². The van der Waals surface area contributed by atoms with E-state index in [1.54, 1.807) is 36.4 Å². The zero-order chi connectivity index (χ0) is 21.1. The third kappa shape index (κ3) is 4.06. The zero-order valence-corrected chi connectivity index (χ0v) is 16.2. The SMILES string of the molecule is O=[N+]([O-])c1ccc(-c2ccc(/C=N\NS(=O)(=O)c3ccc4ccccc4c3)o2)cc1. The lowest BCUT2D eigenvalue weighted by Crippen LogP contribution is -2.18. The third-order valence-electron chi connectivity index (χ3n) is 4.39. The van der Waals surface area contributed by atoms with Gasteiger partial charge in [-0.2, -0.15) is 18.4 Å². The number of fused-ring (bicyclic) bond motifs is 1.